The van der Waals surface area contributed by atoms with E-state index in [-0.39, 0.29) is 23.8 Å². The number of hydrogen-bond donors (Lipinski definition) is 1. The molecule has 1 heterocycles. The number of rotatable bonds is 8. The molecule has 2 aromatic rings. The van der Waals surface area contributed by atoms with Crippen LogP contribution in [0.25, 0.3) is 0 Å². The van der Waals surface area contributed by atoms with Gasteiger partial charge in [0.25, 0.3) is 5.91 Å². The molecule has 0 radical (unpaired) electrons. The highest BCUT2D eigenvalue weighted by atomic mass is 32.1. The molecule has 0 aliphatic heterocycles. The summed E-state index contributed by atoms with van der Waals surface area (Å²) >= 11 is 1.48. The van der Waals surface area contributed by atoms with E-state index in [0.717, 1.165) is 53.9 Å². The fourth-order valence-corrected chi connectivity index (χ4v) is 4.71. The normalized spacial score (nSPS) is 15.1. The zero-order valence-corrected chi connectivity index (χ0v) is 19.3. The maximum atomic E-state index is 13.2. The number of nitrogens with zero attached hydrogens (tertiary/aromatic N) is 2. The zero-order chi connectivity index (χ0) is 21.7. The molecule has 3 rings (SSSR count). The third-order valence-electron chi connectivity index (χ3n) is 6.01. The average molecular weight is 428 g/mol. The quantitative estimate of drug-likeness (QED) is 0.615. The number of carbonyl (C=O) groups excluding carboxylic acids is 2. The van der Waals surface area contributed by atoms with Crippen molar-refractivity contribution in [2.75, 3.05) is 24.3 Å². The van der Waals surface area contributed by atoms with E-state index < -0.39 is 0 Å². The second-order valence-electron chi connectivity index (χ2n) is 8.38. The minimum atomic E-state index is 0.0597. The standard InChI is InChI=1S/C24H33N3O2S/c1-5-17(2)27(24(29)22-11-8-14-30-22)16-19-15-20(12-13-21(19)26(3)4)25-23(28)18-9-6-7-10-18/h8,11-15,17-18H,5-7,9-10,16H2,1-4H3,(H,25,28)/t17-/m0/s1. The van der Waals surface area contributed by atoms with Crippen molar-refractivity contribution < 1.29 is 9.59 Å². The van der Waals surface area contributed by atoms with Gasteiger partial charge in [-0.2, -0.15) is 0 Å². The smallest absolute Gasteiger partial charge is 0.264 e. The molecule has 0 bridgehead atoms. The Kier molecular flexibility index (Phi) is 7.53. The van der Waals surface area contributed by atoms with Gasteiger partial charge in [-0.05, 0) is 61.4 Å². The van der Waals surface area contributed by atoms with Crippen LogP contribution >= 0.6 is 11.3 Å². The van der Waals surface area contributed by atoms with Crippen molar-refractivity contribution >= 4 is 34.5 Å². The highest BCUT2D eigenvalue weighted by molar-refractivity contribution is 7.12. The molecular weight excluding hydrogens is 394 g/mol. The van der Waals surface area contributed by atoms with E-state index in [1.165, 1.54) is 11.3 Å². The molecular formula is C24H33N3O2S. The summed E-state index contributed by atoms with van der Waals surface area (Å²) in [6, 6.07) is 9.93. The van der Waals surface area contributed by atoms with Crippen LogP contribution in [0.1, 0.15) is 61.2 Å². The predicted molar refractivity (Wildman–Crippen MR) is 125 cm³/mol. The lowest BCUT2D eigenvalue weighted by Gasteiger charge is -2.30. The molecule has 1 aromatic carbocycles. The minimum absolute atomic E-state index is 0.0597. The van der Waals surface area contributed by atoms with Gasteiger partial charge in [0.05, 0.1) is 4.88 Å². The molecule has 1 saturated carbocycles. The Labute approximate surface area is 184 Å². The molecule has 1 aromatic heterocycles. The van der Waals surface area contributed by atoms with Crippen LogP contribution in [0.2, 0.25) is 0 Å². The Morgan fingerprint density at radius 2 is 1.93 bits per heavy atom. The molecule has 1 N–H and O–H groups in total. The first-order valence-corrected chi connectivity index (χ1v) is 11.7. The van der Waals surface area contributed by atoms with Gasteiger partial charge in [0, 0.05) is 44.0 Å². The van der Waals surface area contributed by atoms with Crippen LogP contribution in [0, 0.1) is 5.92 Å². The fourth-order valence-electron chi connectivity index (χ4n) is 4.03. The van der Waals surface area contributed by atoms with E-state index in [2.05, 4.69) is 24.1 Å². The summed E-state index contributed by atoms with van der Waals surface area (Å²) in [4.78, 5) is 30.5. The van der Waals surface area contributed by atoms with Crippen LogP contribution in [0.5, 0.6) is 0 Å². The van der Waals surface area contributed by atoms with E-state index in [0.29, 0.717) is 6.54 Å². The summed E-state index contributed by atoms with van der Waals surface area (Å²) in [5.74, 6) is 0.299. The second-order valence-corrected chi connectivity index (χ2v) is 9.32. The Hall–Kier alpha value is -2.34. The van der Waals surface area contributed by atoms with Crippen molar-refractivity contribution in [2.24, 2.45) is 5.92 Å². The van der Waals surface area contributed by atoms with Crippen molar-refractivity contribution in [3.63, 3.8) is 0 Å². The molecule has 5 nitrogen and oxygen atoms in total. The van der Waals surface area contributed by atoms with Gasteiger partial charge in [-0.3, -0.25) is 9.59 Å². The van der Waals surface area contributed by atoms with E-state index in [4.69, 9.17) is 0 Å². The summed E-state index contributed by atoms with van der Waals surface area (Å²) in [7, 11) is 4.01. The van der Waals surface area contributed by atoms with Gasteiger partial charge in [-0.1, -0.05) is 25.8 Å². The number of nitrogens with one attached hydrogen (secondary N) is 1. The first-order chi connectivity index (χ1) is 14.4. The highest BCUT2D eigenvalue weighted by Gasteiger charge is 2.25. The maximum Gasteiger partial charge on any atom is 0.264 e. The molecule has 30 heavy (non-hydrogen) atoms. The van der Waals surface area contributed by atoms with E-state index in [1.54, 1.807) is 0 Å². The van der Waals surface area contributed by atoms with Gasteiger partial charge >= 0.3 is 0 Å². The molecule has 162 valence electrons. The lowest BCUT2D eigenvalue weighted by Crippen LogP contribution is -2.37. The first kappa shape index (κ1) is 22.3. The van der Waals surface area contributed by atoms with Crippen molar-refractivity contribution in [2.45, 2.75) is 58.5 Å². The monoisotopic (exact) mass is 427 g/mol. The SMILES string of the molecule is CC[C@H](C)N(Cc1cc(NC(=O)C2CCCC2)ccc1N(C)C)C(=O)c1cccs1. The lowest BCUT2D eigenvalue weighted by molar-refractivity contribution is -0.119. The highest BCUT2D eigenvalue weighted by Crippen LogP contribution is 2.29. The molecule has 2 amide bonds. The van der Waals surface area contributed by atoms with Gasteiger partial charge in [0.1, 0.15) is 0 Å². The number of benzene rings is 1. The van der Waals surface area contributed by atoms with Crippen molar-refractivity contribution in [1.82, 2.24) is 4.90 Å². The summed E-state index contributed by atoms with van der Waals surface area (Å²) in [6.45, 7) is 4.70. The Morgan fingerprint density at radius 3 is 2.53 bits per heavy atom. The van der Waals surface area contributed by atoms with Crippen molar-refractivity contribution in [1.29, 1.82) is 0 Å². The number of amides is 2. The third kappa shape index (κ3) is 5.22. The summed E-state index contributed by atoms with van der Waals surface area (Å²) in [5, 5.41) is 5.04. The van der Waals surface area contributed by atoms with Crippen molar-refractivity contribution in [3.8, 4) is 0 Å². The molecule has 1 atom stereocenters. The molecule has 1 aliphatic carbocycles. The molecule has 6 heteroatoms. The minimum Gasteiger partial charge on any atom is -0.377 e. The number of hydrogen-bond acceptors (Lipinski definition) is 4. The number of carbonyl (C=O) groups is 2. The average Bonchev–Trinajstić information content (AvgIpc) is 3.45. The van der Waals surface area contributed by atoms with Gasteiger partial charge in [0.15, 0.2) is 0 Å². The van der Waals surface area contributed by atoms with Crippen LogP contribution < -0.4 is 10.2 Å². The molecule has 0 spiro atoms. The topological polar surface area (TPSA) is 52.7 Å². The molecule has 1 aliphatic rings. The summed E-state index contributed by atoms with van der Waals surface area (Å²) < 4.78 is 0. The Balaban J connectivity index is 1.86. The van der Waals surface area contributed by atoms with E-state index in [1.807, 2.05) is 54.7 Å². The Morgan fingerprint density at radius 1 is 1.20 bits per heavy atom. The second kappa shape index (κ2) is 10.1. The zero-order valence-electron chi connectivity index (χ0n) is 18.5. The van der Waals surface area contributed by atoms with Crippen LogP contribution in [0.15, 0.2) is 35.7 Å². The van der Waals surface area contributed by atoms with Crippen LogP contribution in [0.3, 0.4) is 0 Å². The van der Waals surface area contributed by atoms with Gasteiger partial charge in [-0.15, -0.1) is 11.3 Å². The predicted octanol–water partition coefficient (Wildman–Crippen LogP) is 5.38. The molecule has 0 saturated heterocycles. The van der Waals surface area contributed by atoms with Gasteiger partial charge in [-0.25, -0.2) is 0 Å². The maximum absolute atomic E-state index is 13.2. The van der Waals surface area contributed by atoms with Crippen LogP contribution in [-0.2, 0) is 11.3 Å². The van der Waals surface area contributed by atoms with Crippen molar-refractivity contribution in [3.05, 3.63) is 46.2 Å². The fraction of sp³-hybridized carbons (Fsp3) is 0.500. The summed E-state index contributed by atoms with van der Waals surface area (Å²) in [5.41, 5.74) is 2.90. The van der Waals surface area contributed by atoms with E-state index in [9.17, 15) is 9.59 Å². The number of anilines is 2. The van der Waals surface area contributed by atoms with Crippen LogP contribution in [0.4, 0.5) is 11.4 Å². The molecule has 0 unspecified atom stereocenters. The van der Waals surface area contributed by atoms with Gasteiger partial charge < -0.3 is 15.1 Å². The third-order valence-corrected chi connectivity index (χ3v) is 6.87. The Bertz CT molecular complexity index is 857. The first-order valence-electron chi connectivity index (χ1n) is 10.9. The largest absolute Gasteiger partial charge is 0.377 e. The molecule has 1 fully saturated rings. The van der Waals surface area contributed by atoms with Gasteiger partial charge in [0.2, 0.25) is 5.91 Å². The lowest BCUT2D eigenvalue weighted by atomic mass is 10.1. The van der Waals surface area contributed by atoms with Crippen LogP contribution in [-0.4, -0.2) is 36.9 Å². The van der Waals surface area contributed by atoms with E-state index >= 15 is 0 Å². The number of thiophene rings is 1. The summed E-state index contributed by atoms with van der Waals surface area (Å²) in [6.07, 6.45) is 5.11.